The van der Waals surface area contributed by atoms with E-state index in [2.05, 4.69) is 10.2 Å². The maximum absolute atomic E-state index is 12.6. The van der Waals surface area contributed by atoms with Crippen molar-refractivity contribution in [2.75, 3.05) is 31.1 Å². The molecule has 2 heterocycles. The molecule has 7 nitrogen and oxygen atoms in total. The Kier molecular flexibility index (Phi) is 4.36. The first-order valence-corrected chi connectivity index (χ1v) is 9.09. The number of hydrogen-bond acceptors (Lipinski definition) is 6. The van der Waals surface area contributed by atoms with Crippen LogP contribution < -0.4 is 4.90 Å². The lowest BCUT2D eigenvalue weighted by atomic mass is 10.2. The Hall–Kier alpha value is -1.93. The summed E-state index contributed by atoms with van der Waals surface area (Å²) in [4.78, 5) is 2.26. The van der Waals surface area contributed by atoms with E-state index in [1.807, 2.05) is 30.9 Å². The Balaban J connectivity index is 1.69. The van der Waals surface area contributed by atoms with Crippen LogP contribution in [0.2, 0.25) is 0 Å². The van der Waals surface area contributed by atoms with Crippen molar-refractivity contribution in [2.45, 2.75) is 25.2 Å². The van der Waals surface area contributed by atoms with Crippen LogP contribution in [0, 0.1) is 6.92 Å². The van der Waals surface area contributed by atoms with Crippen molar-refractivity contribution in [1.29, 1.82) is 0 Å². The number of anilines is 1. The third kappa shape index (κ3) is 3.23. The summed E-state index contributed by atoms with van der Waals surface area (Å²) in [6, 6.07) is 7.40. The van der Waals surface area contributed by atoms with Crippen molar-refractivity contribution in [3.8, 4) is 0 Å². The van der Waals surface area contributed by atoms with Crippen molar-refractivity contribution in [2.24, 2.45) is 0 Å². The molecular weight excluding hydrogens is 316 g/mol. The number of aryl methyl sites for hydroxylation is 2. The molecule has 1 aromatic carbocycles. The lowest BCUT2D eigenvalue weighted by Crippen LogP contribution is -2.48. The van der Waals surface area contributed by atoms with Gasteiger partial charge in [-0.1, -0.05) is 29.7 Å². The van der Waals surface area contributed by atoms with E-state index < -0.39 is 10.0 Å². The summed E-state index contributed by atoms with van der Waals surface area (Å²) in [5, 5.41) is 7.95. The number of hydrogen-bond donors (Lipinski definition) is 0. The maximum Gasteiger partial charge on any atom is 0.318 e. The summed E-state index contributed by atoms with van der Waals surface area (Å²) in [6.45, 7) is 5.76. The van der Waals surface area contributed by atoms with E-state index in [1.54, 1.807) is 12.1 Å². The van der Waals surface area contributed by atoms with Crippen LogP contribution >= 0.6 is 0 Å². The molecule has 3 rings (SSSR count). The molecule has 0 spiro atoms. The fraction of sp³-hybridized carbons (Fsp3) is 0.467. The first-order valence-electron chi connectivity index (χ1n) is 7.65. The van der Waals surface area contributed by atoms with Gasteiger partial charge in [0.05, 0.1) is 4.90 Å². The Bertz CT molecular complexity index is 762. The van der Waals surface area contributed by atoms with E-state index >= 15 is 0 Å². The van der Waals surface area contributed by atoms with Crippen molar-refractivity contribution in [3.05, 3.63) is 35.7 Å². The van der Waals surface area contributed by atoms with E-state index in [1.165, 1.54) is 4.31 Å². The monoisotopic (exact) mass is 336 g/mol. The summed E-state index contributed by atoms with van der Waals surface area (Å²) in [5.41, 5.74) is 1.04. The number of rotatable bonds is 4. The highest BCUT2D eigenvalue weighted by Gasteiger charge is 2.29. The third-order valence-electron chi connectivity index (χ3n) is 3.93. The predicted octanol–water partition coefficient (Wildman–Crippen LogP) is 1.45. The smallest absolute Gasteiger partial charge is 0.318 e. The van der Waals surface area contributed by atoms with Crippen LogP contribution in [0.5, 0.6) is 0 Å². The second-order valence-electron chi connectivity index (χ2n) is 5.54. The summed E-state index contributed by atoms with van der Waals surface area (Å²) in [5.74, 6) is 0.592. The second-order valence-corrected chi connectivity index (χ2v) is 7.47. The molecule has 23 heavy (non-hydrogen) atoms. The molecule has 1 aliphatic rings. The first-order chi connectivity index (χ1) is 11.0. The molecule has 1 fully saturated rings. The van der Waals surface area contributed by atoms with Crippen LogP contribution in [0.4, 0.5) is 6.01 Å². The molecule has 1 aliphatic heterocycles. The van der Waals surface area contributed by atoms with Gasteiger partial charge in [0.15, 0.2) is 0 Å². The molecule has 0 radical (unpaired) electrons. The van der Waals surface area contributed by atoms with Gasteiger partial charge in [0.1, 0.15) is 0 Å². The van der Waals surface area contributed by atoms with Gasteiger partial charge in [-0.2, -0.15) is 4.31 Å². The van der Waals surface area contributed by atoms with Gasteiger partial charge < -0.3 is 9.32 Å². The molecule has 1 aromatic heterocycles. The lowest BCUT2D eigenvalue weighted by Gasteiger charge is -2.32. The van der Waals surface area contributed by atoms with Crippen molar-refractivity contribution in [3.63, 3.8) is 0 Å². The molecule has 0 amide bonds. The summed E-state index contributed by atoms with van der Waals surface area (Å²) < 4.78 is 32.3. The van der Waals surface area contributed by atoms with Gasteiger partial charge in [0.2, 0.25) is 15.9 Å². The van der Waals surface area contributed by atoms with E-state index in [0.717, 1.165) is 5.56 Å². The normalized spacial score (nSPS) is 16.7. The minimum absolute atomic E-state index is 0.336. The average molecular weight is 336 g/mol. The van der Waals surface area contributed by atoms with Crippen LogP contribution in [0.1, 0.15) is 18.4 Å². The van der Waals surface area contributed by atoms with E-state index in [9.17, 15) is 8.42 Å². The van der Waals surface area contributed by atoms with E-state index in [0.29, 0.717) is 49.4 Å². The number of aromatic nitrogens is 2. The van der Waals surface area contributed by atoms with Gasteiger partial charge in [-0.3, -0.25) is 0 Å². The third-order valence-corrected chi connectivity index (χ3v) is 5.84. The fourth-order valence-corrected chi connectivity index (χ4v) is 3.92. The maximum atomic E-state index is 12.6. The minimum atomic E-state index is -3.44. The molecule has 1 saturated heterocycles. The predicted molar refractivity (Wildman–Crippen MR) is 85.8 cm³/mol. The van der Waals surface area contributed by atoms with E-state index in [-0.39, 0.29) is 0 Å². The van der Waals surface area contributed by atoms with Crippen molar-refractivity contribution in [1.82, 2.24) is 14.5 Å². The topological polar surface area (TPSA) is 79.5 Å². The van der Waals surface area contributed by atoms with Crippen LogP contribution in [0.3, 0.4) is 0 Å². The van der Waals surface area contributed by atoms with Crippen LogP contribution in [0.15, 0.2) is 33.6 Å². The molecular formula is C15H20N4O3S. The standard InChI is InChI=1S/C15H20N4O3S/c1-3-14-16-17-15(22-14)18-8-10-19(11-9-18)23(20,21)13-6-4-12(2)5-7-13/h4-7H,3,8-11H2,1-2H3. The Morgan fingerprint density at radius 3 is 2.30 bits per heavy atom. The summed E-state index contributed by atoms with van der Waals surface area (Å²) in [6.07, 6.45) is 0.689. The molecule has 0 atom stereocenters. The number of sulfonamides is 1. The molecule has 2 aromatic rings. The zero-order chi connectivity index (χ0) is 16.4. The van der Waals surface area contributed by atoms with Gasteiger partial charge in [-0.15, -0.1) is 5.10 Å². The highest BCUT2D eigenvalue weighted by atomic mass is 32.2. The number of nitrogens with zero attached hydrogens (tertiary/aromatic N) is 4. The van der Waals surface area contributed by atoms with Crippen LogP contribution in [-0.2, 0) is 16.4 Å². The molecule has 0 unspecified atom stereocenters. The van der Waals surface area contributed by atoms with Gasteiger partial charge in [0.25, 0.3) is 0 Å². The lowest BCUT2D eigenvalue weighted by molar-refractivity contribution is 0.369. The average Bonchev–Trinajstić information content (AvgIpc) is 3.04. The Morgan fingerprint density at radius 1 is 1.09 bits per heavy atom. The summed E-state index contributed by atoms with van der Waals surface area (Å²) in [7, 11) is -3.44. The highest BCUT2D eigenvalue weighted by Crippen LogP contribution is 2.20. The zero-order valence-corrected chi connectivity index (χ0v) is 14.1. The van der Waals surface area contributed by atoms with Crippen molar-refractivity contribution < 1.29 is 12.8 Å². The minimum Gasteiger partial charge on any atom is -0.408 e. The Labute approximate surface area is 136 Å². The molecule has 0 bridgehead atoms. The molecule has 0 saturated carbocycles. The number of benzene rings is 1. The second kappa shape index (κ2) is 6.29. The number of piperazine rings is 1. The highest BCUT2D eigenvalue weighted by molar-refractivity contribution is 7.89. The molecule has 0 aliphatic carbocycles. The van der Waals surface area contributed by atoms with Gasteiger partial charge in [-0.05, 0) is 19.1 Å². The van der Waals surface area contributed by atoms with Crippen LogP contribution in [0.25, 0.3) is 0 Å². The van der Waals surface area contributed by atoms with Gasteiger partial charge >= 0.3 is 6.01 Å². The quantitative estimate of drug-likeness (QED) is 0.841. The SMILES string of the molecule is CCc1nnc(N2CCN(S(=O)(=O)c3ccc(C)cc3)CC2)o1. The zero-order valence-electron chi connectivity index (χ0n) is 13.3. The van der Waals surface area contributed by atoms with Crippen LogP contribution in [-0.4, -0.2) is 49.1 Å². The Morgan fingerprint density at radius 2 is 1.74 bits per heavy atom. The van der Waals surface area contributed by atoms with Gasteiger partial charge in [-0.25, -0.2) is 8.42 Å². The molecule has 124 valence electrons. The van der Waals surface area contributed by atoms with Gasteiger partial charge in [0, 0.05) is 32.6 Å². The molecule has 0 N–H and O–H groups in total. The first kappa shape index (κ1) is 15.9. The molecule has 8 heteroatoms. The fourth-order valence-electron chi connectivity index (χ4n) is 2.49. The largest absolute Gasteiger partial charge is 0.408 e. The van der Waals surface area contributed by atoms with Crippen molar-refractivity contribution >= 4 is 16.0 Å². The summed E-state index contributed by atoms with van der Waals surface area (Å²) >= 11 is 0. The van der Waals surface area contributed by atoms with E-state index in [4.69, 9.17) is 4.42 Å².